The second-order valence-electron chi connectivity index (χ2n) is 4.64. The van der Waals surface area contributed by atoms with Gasteiger partial charge < -0.3 is 10.4 Å². The van der Waals surface area contributed by atoms with Gasteiger partial charge in [-0.1, -0.05) is 6.07 Å². The average molecular weight is 296 g/mol. The highest BCUT2D eigenvalue weighted by molar-refractivity contribution is 5.84. The lowest BCUT2D eigenvalue weighted by Crippen LogP contribution is -2.42. The molecule has 1 aromatic carbocycles. The summed E-state index contributed by atoms with van der Waals surface area (Å²) in [5.41, 5.74) is -0.0358. The lowest BCUT2D eigenvalue weighted by molar-refractivity contribution is -0.142. The average Bonchev–Trinajstić information content (AvgIpc) is 2.40. The van der Waals surface area contributed by atoms with Crippen LogP contribution in [0.4, 0.5) is 8.78 Å². The van der Waals surface area contributed by atoms with Crippen molar-refractivity contribution in [3.63, 3.8) is 0 Å². The Hall–Kier alpha value is -2.49. The third-order valence-corrected chi connectivity index (χ3v) is 2.81. The number of carbonyl (C=O) groups excluding carboxylic acids is 1. The van der Waals surface area contributed by atoms with E-state index in [0.717, 1.165) is 12.1 Å². The van der Waals surface area contributed by atoms with Crippen molar-refractivity contribution in [1.82, 2.24) is 5.32 Å². The first-order valence-corrected chi connectivity index (χ1v) is 6.19. The Kier molecular flexibility index (Phi) is 5.79. The molecule has 2 N–H and O–H groups in total. The zero-order valence-corrected chi connectivity index (χ0v) is 11.3. The zero-order valence-electron chi connectivity index (χ0n) is 11.3. The molecule has 0 fully saturated rings. The fourth-order valence-corrected chi connectivity index (χ4v) is 1.71. The second kappa shape index (κ2) is 7.33. The first-order chi connectivity index (χ1) is 9.83. The van der Waals surface area contributed by atoms with Crippen LogP contribution in [0.15, 0.2) is 18.2 Å². The van der Waals surface area contributed by atoms with Gasteiger partial charge in [0, 0.05) is 12.0 Å². The molecule has 0 unspecified atom stereocenters. The summed E-state index contributed by atoms with van der Waals surface area (Å²) in [5.74, 6) is -4.16. The van der Waals surface area contributed by atoms with E-state index in [1.54, 1.807) is 0 Å². The SMILES string of the molecule is C[C@H](C#N)C[C@@H](NC(=O)Cc1ccc(F)cc1F)C(=O)O. The number of benzene rings is 1. The van der Waals surface area contributed by atoms with E-state index in [-0.39, 0.29) is 12.0 Å². The zero-order chi connectivity index (χ0) is 16.0. The fourth-order valence-electron chi connectivity index (χ4n) is 1.71. The Morgan fingerprint density at radius 2 is 2.10 bits per heavy atom. The maximum absolute atomic E-state index is 13.4. The van der Waals surface area contributed by atoms with Crippen LogP contribution in [-0.4, -0.2) is 23.0 Å². The van der Waals surface area contributed by atoms with Crippen LogP contribution < -0.4 is 5.32 Å². The number of nitrogens with one attached hydrogen (secondary N) is 1. The number of carboxylic acids is 1. The Balaban J connectivity index is 2.70. The van der Waals surface area contributed by atoms with E-state index in [0.29, 0.717) is 6.07 Å². The van der Waals surface area contributed by atoms with E-state index < -0.39 is 41.9 Å². The Labute approximate surface area is 120 Å². The van der Waals surface area contributed by atoms with Crippen LogP contribution in [0.5, 0.6) is 0 Å². The molecule has 0 aliphatic heterocycles. The molecule has 2 atom stereocenters. The number of aliphatic carboxylic acids is 1. The molecule has 0 heterocycles. The largest absolute Gasteiger partial charge is 0.480 e. The van der Waals surface area contributed by atoms with E-state index >= 15 is 0 Å². The van der Waals surface area contributed by atoms with Gasteiger partial charge in [0.2, 0.25) is 5.91 Å². The number of nitrogens with zero attached hydrogens (tertiary/aromatic N) is 1. The van der Waals surface area contributed by atoms with Crippen molar-refractivity contribution in [3.05, 3.63) is 35.4 Å². The summed E-state index contributed by atoms with van der Waals surface area (Å²) in [6.07, 6.45) is -0.458. The van der Waals surface area contributed by atoms with Crippen molar-refractivity contribution in [2.24, 2.45) is 5.92 Å². The molecule has 5 nitrogen and oxygen atoms in total. The van der Waals surface area contributed by atoms with E-state index in [4.69, 9.17) is 10.4 Å². The molecule has 1 aromatic rings. The summed E-state index contributed by atoms with van der Waals surface area (Å²) in [5, 5.41) is 19.9. The van der Waals surface area contributed by atoms with Crippen LogP contribution in [0.3, 0.4) is 0 Å². The molecule has 1 rings (SSSR count). The molecule has 7 heteroatoms. The maximum atomic E-state index is 13.4. The van der Waals surface area contributed by atoms with Crippen molar-refractivity contribution in [2.45, 2.75) is 25.8 Å². The lowest BCUT2D eigenvalue weighted by Gasteiger charge is -2.15. The molecule has 0 saturated carbocycles. The van der Waals surface area contributed by atoms with E-state index in [2.05, 4.69) is 5.32 Å². The van der Waals surface area contributed by atoms with Gasteiger partial charge in [-0.15, -0.1) is 0 Å². The van der Waals surface area contributed by atoms with E-state index in [1.807, 2.05) is 6.07 Å². The van der Waals surface area contributed by atoms with Gasteiger partial charge in [-0.05, 0) is 25.0 Å². The van der Waals surface area contributed by atoms with Crippen molar-refractivity contribution in [2.75, 3.05) is 0 Å². The van der Waals surface area contributed by atoms with Gasteiger partial charge in [-0.3, -0.25) is 4.79 Å². The smallest absolute Gasteiger partial charge is 0.326 e. The summed E-state index contributed by atoms with van der Waals surface area (Å²) in [6.45, 7) is 1.53. The topological polar surface area (TPSA) is 90.2 Å². The summed E-state index contributed by atoms with van der Waals surface area (Å²) in [6, 6.07) is 3.43. The summed E-state index contributed by atoms with van der Waals surface area (Å²) < 4.78 is 26.1. The number of hydrogen-bond acceptors (Lipinski definition) is 3. The molecular formula is C14H14F2N2O3. The molecule has 0 saturated heterocycles. The highest BCUT2D eigenvalue weighted by atomic mass is 19.1. The highest BCUT2D eigenvalue weighted by Crippen LogP contribution is 2.11. The molecule has 112 valence electrons. The van der Waals surface area contributed by atoms with Crippen LogP contribution in [-0.2, 0) is 16.0 Å². The molecule has 21 heavy (non-hydrogen) atoms. The molecular weight excluding hydrogens is 282 g/mol. The number of rotatable bonds is 6. The minimum Gasteiger partial charge on any atom is -0.480 e. The predicted octanol–water partition coefficient (Wildman–Crippen LogP) is 1.63. The van der Waals surface area contributed by atoms with Crippen molar-refractivity contribution in [1.29, 1.82) is 5.26 Å². The molecule has 1 amide bonds. The summed E-state index contributed by atoms with van der Waals surface area (Å²) in [4.78, 5) is 22.7. The fraction of sp³-hybridized carbons (Fsp3) is 0.357. The number of hydrogen-bond donors (Lipinski definition) is 2. The van der Waals surface area contributed by atoms with Crippen LogP contribution in [0.2, 0.25) is 0 Å². The van der Waals surface area contributed by atoms with Crippen LogP contribution in [0.25, 0.3) is 0 Å². The number of halogens is 2. The van der Waals surface area contributed by atoms with E-state index in [9.17, 15) is 18.4 Å². The lowest BCUT2D eigenvalue weighted by atomic mass is 10.0. The monoisotopic (exact) mass is 296 g/mol. The third kappa shape index (κ3) is 5.18. The molecule has 0 aliphatic carbocycles. The molecule has 0 spiro atoms. The standard InChI is InChI=1S/C14H14F2N2O3/c1-8(7-17)4-12(14(20)21)18-13(19)5-9-2-3-10(15)6-11(9)16/h2-3,6,8,12H,4-5H2,1H3,(H,18,19)(H,20,21)/t8-,12+/m0/s1. The number of nitriles is 1. The van der Waals surface area contributed by atoms with Gasteiger partial charge in [0.25, 0.3) is 0 Å². The molecule has 0 radical (unpaired) electrons. The van der Waals surface area contributed by atoms with Crippen molar-refractivity contribution >= 4 is 11.9 Å². The minimum absolute atomic E-state index is 0.0358. The molecule has 0 aliphatic rings. The minimum atomic E-state index is -1.27. The Morgan fingerprint density at radius 3 is 2.62 bits per heavy atom. The number of carbonyl (C=O) groups is 2. The van der Waals surface area contributed by atoms with Gasteiger partial charge in [0.1, 0.15) is 17.7 Å². The normalized spacial score (nSPS) is 13.0. The second-order valence-corrected chi connectivity index (χ2v) is 4.64. The molecule has 0 aromatic heterocycles. The van der Waals surface area contributed by atoms with Gasteiger partial charge in [0.15, 0.2) is 0 Å². The Bertz CT molecular complexity index is 584. The highest BCUT2D eigenvalue weighted by Gasteiger charge is 2.22. The van der Waals surface area contributed by atoms with Gasteiger partial charge in [-0.25, -0.2) is 13.6 Å². The van der Waals surface area contributed by atoms with Gasteiger partial charge in [0.05, 0.1) is 12.5 Å². The maximum Gasteiger partial charge on any atom is 0.326 e. The van der Waals surface area contributed by atoms with Crippen molar-refractivity contribution in [3.8, 4) is 6.07 Å². The van der Waals surface area contributed by atoms with Crippen molar-refractivity contribution < 1.29 is 23.5 Å². The summed E-state index contributed by atoms with van der Waals surface area (Å²) in [7, 11) is 0. The summed E-state index contributed by atoms with van der Waals surface area (Å²) >= 11 is 0. The van der Waals surface area contributed by atoms with Crippen LogP contribution in [0.1, 0.15) is 18.9 Å². The first-order valence-electron chi connectivity index (χ1n) is 6.19. The van der Waals surface area contributed by atoms with Crippen LogP contribution in [0, 0.1) is 28.9 Å². The van der Waals surface area contributed by atoms with Gasteiger partial charge >= 0.3 is 5.97 Å². The number of carboxylic acid groups (broad SMARTS) is 1. The first kappa shape index (κ1) is 16.6. The third-order valence-electron chi connectivity index (χ3n) is 2.81. The molecule has 0 bridgehead atoms. The Morgan fingerprint density at radius 1 is 1.43 bits per heavy atom. The van der Waals surface area contributed by atoms with E-state index in [1.165, 1.54) is 6.92 Å². The quantitative estimate of drug-likeness (QED) is 0.834. The predicted molar refractivity (Wildman–Crippen MR) is 69.0 cm³/mol. The van der Waals surface area contributed by atoms with Gasteiger partial charge in [-0.2, -0.15) is 5.26 Å². The van der Waals surface area contributed by atoms with Crippen LogP contribution >= 0.6 is 0 Å². The number of amides is 1.